The first-order valence-electron chi connectivity index (χ1n) is 4.08. The zero-order valence-electron chi connectivity index (χ0n) is 7.51. The maximum Gasteiger partial charge on any atom is 0.123 e. The zero-order valence-corrected chi connectivity index (χ0v) is 8.33. The van der Waals surface area contributed by atoms with Gasteiger partial charge in [-0.25, -0.2) is 4.39 Å². The Morgan fingerprint density at radius 3 is 2.54 bits per heavy atom. The van der Waals surface area contributed by atoms with E-state index in [4.69, 9.17) is 5.41 Å². The number of benzene rings is 1. The number of halogens is 1. The molecular formula is C10H12FNS. The molecule has 1 rings (SSSR count). The second-order valence-electron chi connectivity index (χ2n) is 2.75. The lowest BCUT2D eigenvalue weighted by molar-refractivity contribution is 0.627. The van der Waals surface area contributed by atoms with Gasteiger partial charge in [0.1, 0.15) is 5.82 Å². The van der Waals surface area contributed by atoms with Gasteiger partial charge in [0, 0.05) is 0 Å². The molecule has 0 bridgehead atoms. The highest BCUT2D eigenvalue weighted by molar-refractivity contribution is 8.13. The summed E-state index contributed by atoms with van der Waals surface area (Å²) in [5.74, 6) is -0.205. The molecule has 0 spiro atoms. The zero-order chi connectivity index (χ0) is 9.68. The molecule has 0 heterocycles. The normalized spacial score (nSPS) is 10.0. The van der Waals surface area contributed by atoms with Crippen LogP contribution < -0.4 is 0 Å². The molecule has 3 heteroatoms. The van der Waals surface area contributed by atoms with Crippen LogP contribution >= 0.6 is 11.8 Å². The maximum absolute atomic E-state index is 12.5. The smallest absolute Gasteiger partial charge is 0.123 e. The first-order chi connectivity index (χ1) is 6.22. The SMILES string of the molecule is CSC(=N)CCc1ccc(F)cc1. The van der Waals surface area contributed by atoms with Crippen LogP contribution in [0.4, 0.5) is 4.39 Å². The molecule has 1 aromatic carbocycles. The molecule has 1 aromatic rings. The molecule has 0 amide bonds. The van der Waals surface area contributed by atoms with E-state index in [-0.39, 0.29) is 5.82 Å². The van der Waals surface area contributed by atoms with Crippen LogP contribution in [0.3, 0.4) is 0 Å². The Labute approximate surface area is 81.9 Å². The molecular weight excluding hydrogens is 185 g/mol. The van der Waals surface area contributed by atoms with Gasteiger partial charge in [-0.15, -0.1) is 11.8 Å². The van der Waals surface area contributed by atoms with Crippen molar-refractivity contribution in [2.45, 2.75) is 12.8 Å². The van der Waals surface area contributed by atoms with Crippen LogP contribution in [0.25, 0.3) is 0 Å². The van der Waals surface area contributed by atoms with E-state index in [9.17, 15) is 4.39 Å². The van der Waals surface area contributed by atoms with Crippen LogP contribution in [-0.4, -0.2) is 11.3 Å². The van der Waals surface area contributed by atoms with Crippen LogP contribution in [0, 0.1) is 11.2 Å². The van der Waals surface area contributed by atoms with Crippen molar-refractivity contribution in [1.82, 2.24) is 0 Å². The summed E-state index contributed by atoms with van der Waals surface area (Å²) in [6, 6.07) is 6.45. The molecule has 0 radical (unpaired) electrons. The van der Waals surface area contributed by atoms with Gasteiger partial charge in [0.05, 0.1) is 5.04 Å². The number of hydrogen-bond donors (Lipinski definition) is 1. The van der Waals surface area contributed by atoms with Crippen molar-refractivity contribution < 1.29 is 4.39 Å². The molecule has 0 saturated heterocycles. The summed E-state index contributed by atoms with van der Waals surface area (Å²) >= 11 is 1.46. The van der Waals surface area contributed by atoms with E-state index in [1.807, 2.05) is 6.26 Å². The van der Waals surface area contributed by atoms with Gasteiger partial charge in [-0.3, -0.25) is 5.41 Å². The quantitative estimate of drug-likeness (QED) is 0.584. The van der Waals surface area contributed by atoms with Gasteiger partial charge in [0.2, 0.25) is 0 Å². The van der Waals surface area contributed by atoms with Crippen LogP contribution in [0.15, 0.2) is 24.3 Å². The van der Waals surface area contributed by atoms with E-state index in [1.165, 1.54) is 23.9 Å². The standard InChI is InChI=1S/C10H12FNS/c1-13-10(12)7-4-8-2-5-9(11)6-3-8/h2-3,5-6,12H,4,7H2,1H3. The molecule has 0 aliphatic carbocycles. The molecule has 0 aromatic heterocycles. The van der Waals surface area contributed by atoms with Crippen LogP contribution in [0.5, 0.6) is 0 Å². The van der Waals surface area contributed by atoms with Gasteiger partial charge in [-0.1, -0.05) is 12.1 Å². The fraction of sp³-hybridized carbons (Fsp3) is 0.300. The summed E-state index contributed by atoms with van der Waals surface area (Å²) in [5, 5.41) is 8.09. The molecule has 70 valence electrons. The third kappa shape index (κ3) is 3.59. The van der Waals surface area contributed by atoms with Crippen LogP contribution in [-0.2, 0) is 6.42 Å². The largest absolute Gasteiger partial charge is 0.298 e. The molecule has 0 saturated carbocycles. The Morgan fingerprint density at radius 1 is 1.38 bits per heavy atom. The van der Waals surface area contributed by atoms with Crippen molar-refractivity contribution in [2.75, 3.05) is 6.26 Å². The summed E-state index contributed by atoms with van der Waals surface area (Å²) < 4.78 is 12.5. The fourth-order valence-corrected chi connectivity index (χ4v) is 1.32. The Hall–Kier alpha value is -0.830. The van der Waals surface area contributed by atoms with Gasteiger partial charge in [-0.05, 0) is 36.8 Å². The molecule has 0 aliphatic heterocycles. The highest BCUT2D eigenvalue weighted by Gasteiger charge is 1.97. The molecule has 1 N–H and O–H groups in total. The maximum atomic E-state index is 12.5. The van der Waals surface area contributed by atoms with Crippen LogP contribution in [0.1, 0.15) is 12.0 Å². The Morgan fingerprint density at radius 2 is 2.00 bits per heavy atom. The summed E-state index contributed by atoms with van der Waals surface area (Å²) in [7, 11) is 0. The second kappa shape index (κ2) is 5.02. The fourth-order valence-electron chi connectivity index (χ4n) is 1.01. The molecule has 13 heavy (non-hydrogen) atoms. The molecule has 0 fully saturated rings. The lowest BCUT2D eigenvalue weighted by Crippen LogP contribution is -1.93. The summed E-state index contributed by atoms with van der Waals surface area (Å²) in [4.78, 5) is 0. The van der Waals surface area contributed by atoms with E-state index in [0.29, 0.717) is 5.04 Å². The highest BCUT2D eigenvalue weighted by atomic mass is 32.2. The van der Waals surface area contributed by atoms with Crippen molar-refractivity contribution >= 4 is 16.8 Å². The minimum atomic E-state index is -0.205. The van der Waals surface area contributed by atoms with E-state index < -0.39 is 0 Å². The third-order valence-electron chi connectivity index (χ3n) is 1.80. The van der Waals surface area contributed by atoms with Crippen LogP contribution in [0.2, 0.25) is 0 Å². The number of rotatable bonds is 3. The lowest BCUT2D eigenvalue weighted by Gasteiger charge is -2.00. The topological polar surface area (TPSA) is 23.9 Å². The van der Waals surface area contributed by atoms with Crippen molar-refractivity contribution in [3.8, 4) is 0 Å². The monoisotopic (exact) mass is 197 g/mol. The number of thioether (sulfide) groups is 1. The van der Waals surface area contributed by atoms with E-state index in [0.717, 1.165) is 18.4 Å². The third-order valence-corrected chi connectivity index (χ3v) is 2.50. The van der Waals surface area contributed by atoms with E-state index in [2.05, 4.69) is 0 Å². The van der Waals surface area contributed by atoms with E-state index in [1.54, 1.807) is 12.1 Å². The van der Waals surface area contributed by atoms with Crippen molar-refractivity contribution in [3.05, 3.63) is 35.6 Å². The summed E-state index contributed by atoms with van der Waals surface area (Å²) in [6.07, 6.45) is 3.46. The van der Waals surface area contributed by atoms with Gasteiger partial charge >= 0.3 is 0 Å². The Kier molecular flexibility index (Phi) is 3.96. The average Bonchev–Trinajstić information content (AvgIpc) is 2.16. The summed E-state index contributed by atoms with van der Waals surface area (Å²) in [6.45, 7) is 0. The van der Waals surface area contributed by atoms with Gasteiger partial charge < -0.3 is 0 Å². The molecule has 0 unspecified atom stereocenters. The van der Waals surface area contributed by atoms with Gasteiger partial charge in [-0.2, -0.15) is 0 Å². The molecule has 1 nitrogen and oxygen atoms in total. The average molecular weight is 197 g/mol. The van der Waals surface area contributed by atoms with Crippen molar-refractivity contribution in [2.24, 2.45) is 0 Å². The van der Waals surface area contributed by atoms with E-state index >= 15 is 0 Å². The minimum absolute atomic E-state index is 0.205. The summed E-state index contributed by atoms with van der Waals surface area (Å²) in [5.41, 5.74) is 1.08. The van der Waals surface area contributed by atoms with Crippen molar-refractivity contribution in [1.29, 1.82) is 5.41 Å². The Balaban J connectivity index is 2.46. The lowest BCUT2D eigenvalue weighted by atomic mass is 10.1. The van der Waals surface area contributed by atoms with Gasteiger partial charge in [0.15, 0.2) is 0 Å². The highest BCUT2D eigenvalue weighted by Crippen LogP contribution is 2.08. The predicted molar refractivity (Wildman–Crippen MR) is 56.0 cm³/mol. The number of hydrogen-bond acceptors (Lipinski definition) is 2. The molecule has 0 aliphatic rings. The molecule has 0 atom stereocenters. The number of aryl methyl sites for hydroxylation is 1. The first kappa shape index (κ1) is 10.3. The Bertz CT molecular complexity index is 281. The predicted octanol–water partition coefficient (Wildman–Crippen LogP) is 3.10. The first-order valence-corrected chi connectivity index (χ1v) is 5.30. The van der Waals surface area contributed by atoms with Crippen molar-refractivity contribution in [3.63, 3.8) is 0 Å². The van der Waals surface area contributed by atoms with Gasteiger partial charge in [0.25, 0.3) is 0 Å². The minimum Gasteiger partial charge on any atom is -0.298 e. The second-order valence-corrected chi connectivity index (χ2v) is 3.65. The number of nitrogens with one attached hydrogen (secondary N) is 1.